The molecule has 1 aromatic heterocycles. The van der Waals surface area contributed by atoms with Crippen molar-refractivity contribution >= 4 is 11.8 Å². The number of aromatic nitrogens is 2. The molecule has 0 saturated heterocycles. The summed E-state index contributed by atoms with van der Waals surface area (Å²) in [6, 6.07) is 1.29. The van der Waals surface area contributed by atoms with Crippen LogP contribution >= 0.6 is 11.8 Å². The van der Waals surface area contributed by atoms with Crippen molar-refractivity contribution in [3.63, 3.8) is 0 Å². The van der Waals surface area contributed by atoms with Gasteiger partial charge in [-0.15, -0.1) is 0 Å². The molecule has 1 aromatic rings. The zero-order chi connectivity index (χ0) is 10.6. The van der Waals surface area contributed by atoms with E-state index >= 15 is 0 Å². The first kappa shape index (κ1) is 11.3. The molecule has 3 nitrogen and oxygen atoms in total. The molecule has 0 bridgehead atoms. The van der Waals surface area contributed by atoms with Gasteiger partial charge in [0.15, 0.2) is 5.16 Å². The molecule has 78 valence electrons. The van der Waals surface area contributed by atoms with Crippen LogP contribution in [-0.2, 0) is 0 Å². The molecule has 0 radical (unpaired) electrons. The van der Waals surface area contributed by atoms with Crippen molar-refractivity contribution in [2.75, 3.05) is 12.3 Å². The Bertz CT molecular complexity index is 307. The number of nitrogens with two attached hydrogens (primary N) is 1. The van der Waals surface area contributed by atoms with E-state index in [4.69, 9.17) is 5.73 Å². The van der Waals surface area contributed by atoms with Gasteiger partial charge in [0.2, 0.25) is 0 Å². The fourth-order valence-corrected chi connectivity index (χ4v) is 1.57. The van der Waals surface area contributed by atoms with Gasteiger partial charge in [-0.05, 0) is 13.0 Å². The van der Waals surface area contributed by atoms with E-state index < -0.39 is 6.43 Å². The van der Waals surface area contributed by atoms with E-state index in [2.05, 4.69) is 9.97 Å². The average Bonchev–Trinajstić information content (AvgIpc) is 2.14. The van der Waals surface area contributed by atoms with E-state index in [9.17, 15) is 8.78 Å². The maximum atomic E-state index is 12.3. The largest absolute Gasteiger partial charge is 0.330 e. The zero-order valence-corrected chi connectivity index (χ0v) is 8.52. The molecular formula is C8H11F2N3S. The van der Waals surface area contributed by atoms with Crippen LogP contribution in [0.15, 0.2) is 11.2 Å². The Kier molecular flexibility index (Phi) is 4.21. The molecule has 0 saturated carbocycles. The fraction of sp³-hybridized carbons (Fsp3) is 0.500. The molecule has 0 aliphatic carbocycles. The van der Waals surface area contributed by atoms with E-state index in [1.807, 2.05) is 0 Å². The fourth-order valence-electron chi connectivity index (χ4n) is 0.891. The molecule has 0 spiro atoms. The molecule has 0 amide bonds. The second kappa shape index (κ2) is 5.21. The summed E-state index contributed by atoms with van der Waals surface area (Å²) in [4.78, 5) is 7.73. The molecule has 2 N–H and O–H groups in total. The standard InChI is InChI=1S/C8H11F2N3S/c1-5-4-6(7(9)10)13-8(12-5)14-3-2-11/h4,7H,2-3,11H2,1H3. The van der Waals surface area contributed by atoms with Gasteiger partial charge in [0.05, 0.1) is 0 Å². The van der Waals surface area contributed by atoms with Crippen LogP contribution in [0.4, 0.5) is 8.78 Å². The number of hydrogen-bond acceptors (Lipinski definition) is 4. The molecule has 0 aromatic carbocycles. The van der Waals surface area contributed by atoms with E-state index in [1.54, 1.807) is 6.92 Å². The van der Waals surface area contributed by atoms with Crippen LogP contribution in [0.5, 0.6) is 0 Å². The highest BCUT2D eigenvalue weighted by atomic mass is 32.2. The van der Waals surface area contributed by atoms with Crippen molar-refractivity contribution in [1.29, 1.82) is 0 Å². The lowest BCUT2D eigenvalue weighted by Crippen LogP contribution is -2.03. The molecule has 0 unspecified atom stereocenters. The van der Waals surface area contributed by atoms with Crippen LogP contribution in [0.1, 0.15) is 17.8 Å². The average molecular weight is 219 g/mol. The quantitative estimate of drug-likeness (QED) is 0.619. The number of halogens is 2. The van der Waals surface area contributed by atoms with Crippen LogP contribution in [0, 0.1) is 6.92 Å². The summed E-state index contributed by atoms with van der Waals surface area (Å²) in [5, 5.41) is 0.366. The van der Waals surface area contributed by atoms with Gasteiger partial charge in [0.1, 0.15) is 5.69 Å². The topological polar surface area (TPSA) is 51.8 Å². The highest BCUT2D eigenvalue weighted by Gasteiger charge is 2.11. The van der Waals surface area contributed by atoms with Crippen LogP contribution in [0.3, 0.4) is 0 Å². The van der Waals surface area contributed by atoms with Gasteiger partial charge < -0.3 is 5.73 Å². The van der Waals surface area contributed by atoms with Crippen LogP contribution in [0.2, 0.25) is 0 Å². The molecule has 0 aliphatic heterocycles. The van der Waals surface area contributed by atoms with Gasteiger partial charge in [-0.2, -0.15) is 0 Å². The normalized spacial score (nSPS) is 10.9. The minimum absolute atomic E-state index is 0.225. The lowest BCUT2D eigenvalue weighted by molar-refractivity contribution is 0.145. The zero-order valence-electron chi connectivity index (χ0n) is 7.70. The van der Waals surface area contributed by atoms with Crippen LogP contribution in [-0.4, -0.2) is 22.3 Å². The third-order valence-electron chi connectivity index (χ3n) is 1.43. The van der Waals surface area contributed by atoms with Gasteiger partial charge in [0, 0.05) is 18.0 Å². The maximum Gasteiger partial charge on any atom is 0.280 e. The molecule has 0 aliphatic rings. The van der Waals surface area contributed by atoms with Gasteiger partial charge in [0.25, 0.3) is 6.43 Å². The Balaban J connectivity index is 2.84. The summed E-state index contributed by atoms with van der Waals surface area (Å²) >= 11 is 1.29. The maximum absolute atomic E-state index is 12.3. The summed E-state index contributed by atoms with van der Waals surface area (Å²) in [7, 11) is 0. The van der Waals surface area contributed by atoms with Crippen molar-refractivity contribution in [2.45, 2.75) is 18.5 Å². The van der Waals surface area contributed by atoms with Crippen molar-refractivity contribution in [3.05, 3.63) is 17.5 Å². The first-order chi connectivity index (χ1) is 6.63. The lowest BCUT2D eigenvalue weighted by Gasteiger charge is -2.03. The van der Waals surface area contributed by atoms with Crippen LogP contribution in [0.25, 0.3) is 0 Å². The first-order valence-electron chi connectivity index (χ1n) is 4.10. The Hall–Kier alpha value is -0.750. The SMILES string of the molecule is Cc1cc(C(F)F)nc(SCCN)n1. The smallest absolute Gasteiger partial charge is 0.280 e. The molecule has 1 rings (SSSR count). The van der Waals surface area contributed by atoms with Crippen molar-refractivity contribution < 1.29 is 8.78 Å². The summed E-state index contributed by atoms with van der Waals surface area (Å²) in [5.74, 6) is 0.631. The number of alkyl halides is 2. The second-order valence-electron chi connectivity index (χ2n) is 2.65. The summed E-state index contributed by atoms with van der Waals surface area (Å²) < 4.78 is 24.6. The monoisotopic (exact) mass is 219 g/mol. The predicted molar refractivity (Wildman–Crippen MR) is 51.5 cm³/mol. The predicted octanol–water partition coefficient (Wildman–Crippen LogP) is 1.77. The number of rotatable bonds is 4. The van der Waals surface area contributed by atoms with E-state index in [0.717, 1.165) is 0 Å². The van der Waals surface area contributed by atoms with E-state index in [0.29, 0.717) is 23.1 Å². The van der Waals surface area contributed by atoms with Crippen molar-refractivity contribution in [2.24, 2.45) is 5.73 Å². The van der Waals surface area contributed by atoms with Crippen LogP contribution < -0.4 is 5.73 Å². The van der Waals surface area contributed by atoms with Gasteiger partial charge in [-0.1, -0.05) is 11.8 Å². The number of thioether (sulfide) groups is 1. The van der Waals surface area contributed by atoms with E-state index in [1.165, 1.54) is 17.8 Å². The lowest BCUT2D eigenvalue weighted by atomic mass is 10.3. The molecule has 0 fully saturated rings. The van der Waals surface area contributed by atoms with Gasteiger partial charge in [-0.3, -0.25) is 0 Å². The molecular weight excluding hydrogens is 208 g/mol. The molecule has 14 heavy (non-hydrogen) atoms. The second-order valence-corrected chi connectivity index (χ2v) is 3.72. The Morgan fingerprint density at radius 3 is 2.79 bits per heavy atom. The summed E-state index contributed by atoms with van der Waals surface area (Å²) in [6.07, 6.45) is -2.55. The Labute approximate surface area is 85.1 Å². The third-order valence-corrected chi connectivity index (χ3v) is 2.31. The highest BCUT2D eigenvalue weighted by Crippen LogP contribution is 2.20. The minimum atomic E-state index is -2.55. The highest BCUT2D eigenvalue weighted by molar-refractivity contribution is 7.99. The Morgan fingerprint density at radius 1 is 1.50 bits per heavy atom. The molecule has 0 atom stereocenters. The number of aryl methyl sites for hydroxylation is 1. The van der Waals surface area contributed by atoms with E-state index in [-0.39, 0.29) is 5.69 Å². The first-order valence-corrected chi connectivity index (χ1v) is 5.08. The molecule has 6 heteroatoms. The van der Waals surface area contributed by atoms with Gasteiger partial charge in [-0.25, -0.2) is 18.7 Å². The molecule has 1 heterocycles. The Morgan fingerprint density at radius 2 is 2.21 bits per heavy atom. The minimum Gasteiger partial charge on any atom is -0.330 e. The van der Waals surface area contributed by atoms with Crippen molar-refractivity contribution in [3.8, 4) is 0 Å². The van der Waals surface area contributed by atoms with Crippen molar-refractivity contribution in [1.82, 2.24) is 9.97 Å². The number of nitrogens with zero attached hydrogens (tertiary/aromatic N) is 2. The number of hydrogen-bond donors (Lipinski definition) is 1. The summed E-state index contributed by atoms with van der Waals surface area (Å²) in [5.41, 5.74) is 5.61. The van der Waals surface area contributed by atoms with Gasteiger partial charge >= 0.3 is 0 Å². The third kappa shape index (κ3) is 3.19. The summed E-state index contributed by atoms with van der Waals surface area (Å²) in [6.45, 7) is 2.14.